The molecule has 0 aliphatic heterocycles. The largest absolute Gasteiger partial charge is 0.381 e. The summed E-state index contributed by atoms with van der Waals surface area (Å²) in [5.74, 6) is 0. The van der Waals surface area contributed by atoms with Crippen molar-refractivity contribution in [3.05, 3.63) is 0 Å². The Morgan fingerprint density at radius 3 is 2.38 bits per heavy atom. The van der Waals surface area contributed by atoms with Crippen LogP contribution < -0.4 is 0 Å². The van der Waals surface area contributed by atoms with Crippen LogP contribution in [-0.4, -0.2) is 19.5 Å². The molecule has 0 radical (unpaired) electrons. The average Bonchev–Trinajstić information content (AvgIpc) is 2.16. The van der Waals surface area contributed by atoms with Crippen LogP contribution in [0.15, 0.2) is 0 Å². The lowest BCUT2D eigenvalue weighted by Crippen LogP contribution is -1.97. The van der Waals surface area contributed by atoms with Crippen molar-refractivity contribution in [1.29, 1.82) is 0 Å². The first kappa shape index (κ1) is 12.6. The molecule has 0 aromatic heterocycles. The molecule has 0 rings (SSSR count). The third-order valence-electron chi connectivity index (χ3n) is 2.02. The van der Waals surface area contributed by atoms with Gasteiger partial charge in [-0.1, -0.05) is 39.0 Å². The monoisotopic (exact) mass is 186 g/mol. The molecule has 0 fully saturated rings. The van der Waals surface area contributed by atoms with Crippen LogP contribution in [0.2, 0.25) is 0 Å². The van der Waals surface area contributed by atoms with E-state index in [4.69, 9.17) is 4.74 Å². The maximum atomic E-state index is 9.93. The summed E-state index contributed by atoms with van der Waals surface area (Å²) in [6, 6.07) is 0. The second-order valence-electron chi connectivity index (χ2n) is 3.34. The lowest BCUT2D eigenvalue weighted by atomic mass is 10.1. The van der Waals surface area contributed by atoms with E-state index in [0.29, 0.717) is 13.0 Å². The zero-order valence-corrected chi connectivity index (χ0v) is 8.76. The van der Waals surface area contributed by atoms with E-state index in [-0.39, 0.29) is 0 Å². The Morgan fingerprint density at radius 1 is 1.00 bits per heavy atom. The molecule has 0 aliphatic carbocycles. The molecule has 2 heteroatoms. The lowest BCUT2D eigenvalue weighted by Gasteiger charge is -2.01. The van der Waals surface area contributed by atoms with Crippen LogP contribution in [0.3, 0.4) is 0 Å². The highest BCUT2D eigenvalue weighted by molar-refractivity contribution is 5.49. The third-order valence-corrected chi connectivity index (χ3v) is 2.02. The van der Waals surface area contributed by atoms with Gasteiger partial charge in [-0.05, 0) is 6.42 Å². The minimum Gasteiger partial charge on any atom is -0.381 e. The molecule has 78 valence electrons. The number of unbranched alkanes of at least 4 members (excludes halogenated alkanes) is 5. The van der Waals surface area contributed by atoms with Gasteiger partial charge in [0.15, 0.2) is 0 Å². The summed E-state index contributed by atoms with van der Waals surface area (Å²) < 4.78 is 5.25. The molecule has 0 saturated carbocycles. The van der Waals surface area contributed by atoms with Gasteiger partial charge in [0.05, 0.1) is 6.61 Å². The van der Waals surface area contributed by atoms with E-state index in [1.807, 2.05) is 0 Å². The molecule has 0 aliphatic rings. The van der Waals surface area contributed by atoms with Gasteiger partial charge in [0, 0.05) is 13.0 Å². The number of hydrogen-bond donors (Lipinski definition) is 0. The Balaban J connectivity index is 2.79. The summed E-state index contributed by atoms with van der Waals surface area (Å²) in [4.78, 5) is 9.93. The molecule has 0 spiro atoms. The van der Waals surface area contributed by atoms with E-state index in [1.54, 1.807) is 0 Å². The van der Waals surface area contributed by atoms with Crippen LogP contribution in [0.25, 0.3) is 0 Å². The van der Waals surface area contributed by atoms with Crippen molar-refractivity contribution in [3.8, 4) is 0 Å². The van der Waals surface area contributed by atoms with Crippen molar-refractivity contribution in [3.63, 3.8) is 0 Å². The quantitative estimate of drug-likeness (QED) is 0.387. The summed E-state index contributed by atoms with van der Waals surface area (Å²) in [5, 5.41) is 0. The van der Waals surface area contributed by atoms with Crippen molar-refractivity contribution in [1.82, 2.24) is 0 Å². The number of rotatable bonds is 10. The highest BCUT2D eigenvalue weighted by Crippen LogP contribution is 2.04. The maximum Gasteiger partial charge on any atom is 0.122 e. The number of hydrogen-bond acceptors (Lipinski definition) is 2. The molecule has 0 amide bonds. The second-order valence-corrected chi connectivity index (χ2v) is 3.34. The first-order chi connectivity index (χ1) is 6.41. The number of carbonyl (C=O) groups is 1. The maximum absolute atomic E-state index is 9.93. The van der Waals surface area contributed by atoms with Gasteiger partial charge in [-0.2, -0.15) is 0 Å². The Kier molecular flexibility index (Phi) is 11.3. The summed E-state index contributed by atoms with van der Waals surface area (Å²) in [6.45, 7) is 3.64. The molecule has 0 atom stereocenters. The number of carbonyl (C=O) groups excluding carboxylic acids is 1. The van der Waals surface area contributed by atoms with Crippen LogP contribution in [0.4, 0.5) is 0 Å². The molecular weight excluding hydrogens is 164 g/mol. The fourth-order valence-corrected chi connectivity index (χ4v) is 1.22. The Morgan fingerprint density at radius 2 is 1.69 bits per heavy atom. The molecule has 0 aromatic carbocycles. The Hall–Kier alpha value is -0.370. The van der Waals surface area contributed by atoms with E-state index in [2.05, 4.69) is 6.92 Å². The van der Waals surface area contributed by atoms with E-state index < -0.39 is 0 Å². The number of aldehydes is 1. The predicted octanol–water partition coefficient (Wildman–Crippen LogP) is 2.95. The second kappa shape index (κ2) is 11.6. The van der Waals surface area contributed by atoms with Gasteiger partial charge in [0.2, 0.25) is 0 Å². The van der Waals surface area contributed by atoms with E-state index in [9.17, 15) is 4.79 Å². The van der Waals surface area contributed by atoms with E-state index in [0.717, 1.165) is 19.3 Å². The van der Waals surface area contributed by atoms with Crippen molar-refractivity contribution >= 4 is 6.29 Å². The van der Waals surface area contributed by atoms with Crippen LogP contribution in [-0.2, 0) is 9.53 Å². The van der Waals surface area contributed by atoms with Gasteiger partial charge in [-0.25, -0.2) is 0 Å². The van der Waals surface area contributed by atoms with Gasteiger partial charge in [-0.15, -0.1) is 0 Å². The highest BCUT2D eigenvalue weighted by Gasteiger charge is 1.90. The molecule has 2 nitrogen and oxygen atoms in total. The summed E-state index contributed by atoms with van der Waals surface area (Å²) in [7, 11) is 0. The van der Waals surface area contributed by atoms with Crippen LogP contribution in [0, 0.1) is 0 Å². The first-order valence-electron chi connectivity index (χ1n) is 5.43. The minimum absolute atomic E-state index is 0.538. The topological polar surface area (TPSA) is 26.3 Å². The zero-order valence-electron chi connectivity index (χ0n) is 8.76. The molecule has 0 unspecified atom stereocenters. The Bertz CT molecular complexity index is 102. The van der Waals surface area contributed by atoms with Gasteiger partial charge in [-0.3, -0.25) is 0 Å². The molecule has 0 saturated heterocycles. The summed E-state index contributed by atoms with van der Waals surface area (Å²) in [5.41, 5.74) is 0. The van der Waals surface area contributed by atoms with Gasteiger partial charge >= 0.3 is 0 Å². The molecule has 0 aromatic rings. The minimum atomic E-state index is 0.538. The first-order valence-corrected chi connectivity index (χ1v) is 5.43. The summed E-state index contributed by atoms with van der Waals surface area (Å²) >= 11 is 0. The fourth-order valence-electron chi connectivity index (χ4n) is 1.22. The third kappa shape index (κ3) is 11.6. The normalized spacial score (nSPS) is 10.2. The van der Waals surface area contributed by atoms with Crippen LogP contribution in [0.5, 0.6) is 0 Å². The van der Waals surface area contributed by atoms with Gasteiger partial charge in [0.25, 0.3) is 0 Å². The fraction of sp³-hybridized carbons (Fsp3) is 0.909. The van der Waals surface area contributed by atoms with Crippen LogP contribution in [0.1, 0.15) is 51.9 Å². The van der Waals surface area contributed by atoms with Crippen LogP contribution >= 0.6 is 0 Å². The van der Waals surface area contributed by atoms with E-state index in [1.165, 1.54) is 32.1 Å². The SMILES string of the molecule is CCCCCCCCOCCC=O. The predicted molar refractivity (Wildman–Crippen MR) is 54.9 cm³/mol. The molecule has 0 bridgehead atoms. The zero-order chi connectivity index (χ0) is 9.78. The Labute approximate surface area is 81.7 Å². The lowest BCUT2D eigenvalue weighted by molar-refractivity contribution is -0.108. The van der Waals surface area contributed by atoms with Gasteiger partial charge < -0.3 is 9.53 Å². The molecule has 0 N–H and O–H groups in total. The van der Waals surface area contributed by atoms with E-state index >= 15 is 0 Å². The molecule has 0 heterocycles. The van der Waals surface area contributed by atoms with Crippen molar-refractivity contribution in [2.75, 3.05) is 13.2 Å². The number of ether oxygens (including phenoxy) is 1. The van der Waals surface area contributed by atoms with Crippen molar-refractivity contribution in [2.24, 2.45) is 0 Å². The highest BCUT2D eigenvalue weighted by atomic mass is 16.5. The van der Waals surface area contributed by atoms with Crippen molar-refractivity contribution in [2.45, 2.75) is 51.9 Å². The standard InChI is InChI=1S/C11H22O2/c1-2-3-4-5-6-7-10-13-11-8-9-12/h9H,2-8,10-11H2,1H3. The molecular formula is C11H22O2. The average molecular weight is 186 g/mol. The molecule has 13 heavy (non-hydrogen) atoms. The van der Waals surface area contributed by atoms with Gasteiger partial charge in [0.1, 0.15) is 6.29 Å². The smallest absolute Gasteiger partial charge is 0.122 e. The summed E-state index contributed by atoms with van der Waals surface area (Å²) in [6.07, 6.45) is 9.18. The van der Waals surface area contributed by atoms with Crippen molar-refractivity contribution < 1.29 is 9.53 Å².